The van der Waals surface area contributed by atoms with Crippen LogP contribution in [0.1, 0.15) is 80.9 Å². The summed E-state index contributed by atoms with van der Waals surface area (Å²) in [5, 5.41) is 0. The highest BCUT2D eigenvalue weighted by molar-refractivity contribution is 5.32. The minimum absolute atomic E-state index is 0.961. The standard InChI is InChI=1S/C21H32/c1-17-12-13-20(14-18-8-4-2-5-9-18)16-21(17)15-19-10-6-3-7-11-19/h12-13,16,18-19H,2-11,14-15H2,1H3. The highest BCUT2D eigenvalue weighted by Crippen LogP contribution is 2.30. The minimum atomic E-state index is 0.961. The van der Waals surface area contributed by atoms with Gasteiger partial charge in [0.15, 0.2) is 0 Å². The largest absolute Gasteiger partial charge is 0.0588 e. The van der Waals surface area contributed by atoms with Crippen molar-refractivity contribution in [1.82, 2.24) is 0 Å². The van der Waals surface area contributed by atoms with Crippen LogP contribution in [0, 0.1) is 18.8 Å². The van der Waals surface area contributed by atoms with E-state index in [2.05, 4.69) is 25.1 Å². The zero-order valence-electron chi connectivity index (χ0n) is 13.9. The Morgan fingerprint density at radius 2 is 1.33 bits per heavy atom. The average Bonchev–Trinajstić information content (AvgIpc) is 2.53. The Kier molecular flexibility index (Phi) is 5.38. The molecule has 0 unspecified atom stereocenters. The van der Waals surface area contributed by atoms with Gasteiger partial charge in [-0.1, -0.05) is 82.4 Å². The van der Waals surface area contributed by atoms with Crippen LogP contribution < -0.4 is 0 Å². The molecular formula is C21H32. The summed E-state index contributed by atoms with van der Waals surface area (Å²) in [5.74, 6) is 1.92. The van der Waals surface area contributed by atoms with E-state index in [0.717, 1.165) is 11.8 Å². The predicted octanol–water partition coefficient (Wildman–Crippen LogP) is 6.24. The monoisotopic (exact) mass is 284 g/mol. The molecule has 0 heterocycles. The second-order valence-corrected chi connectivity index (χ2v) is 7.68. The summed E-state index contributed by atoms with van der Waals surface area (Å²) < 4.78 is 0. The maximum absolute atomic E-state index is 2.55. The van der Waals surface area contributed by atoms with E-state index in [-0.39, 0.29) is 0 Å². The molecule has 0 aliphatic heterocycles. The van der Waals surface area contributed by atoms with Crippen LogP contribution in [0.3, 0.4) is 0 Å². The summed E-state index contributed by atoms with van der Waals surface area (Å²) in [6.45, 7) is 2.31. The van der Waals surface area contributed by atoms with E-state index in [1.807, 2.05) is 0 Å². The number of hydrogen-bond acceptors (Lipinski definition) is 0. The molecule has 3 rings (SSSR count). The molecule has 0 saturated heterocycles. The SMILES string of the molecule is Cc1ccc(CC2CCCCC2)cc1CC1CCCCC1. The molecule has 0 bridgehead atoms. The number of rotatable bonds is 4. The van der Waals surface area contributed by atoms with Crippen LogP contribution in [0.4, 0.5) is 0 Å². The van der Waals surface area contributed by atoms with Gasteiger partial charge in [-0.3, -0.25) is 0 Å². The fraction of sp³-hybridized carbons (Fsp3) is 0.714. The number of hydrogen-bond donors (Lipinski definition) is 0. The van der Waals surface area contributed by atoms with Crippen molar-refractivity contribution in [3.8, 4) is 0 Å². The van der Waals surface area contributed by atoms with Crippen molar-refractivity contribution < 1.29 is 0 Å². The minimum Gasteiger partial charge on any atom is -0.0588 e. The van der Waals surface area contributed by atoms with E-state index in [1.165, 1.54) is 82.6 Å². The first kappa shape index (κ1) is 15.1. The Morgan fingerprint density at radius 3 is 1.95 bits per heavy atom. The highest BCUT2D eigenvalue weighted by atomic mass is 14.2. The van der Waals surface area contributed by atoms with Crippen LogP contribution in [-0.2, 0) is 12.8 Å². The topological polar surface area (TPSA) is 0 Å². The quantitative estimate of drug-likeness (QED) is 0.614. The van der Waals surface area contributed by atoms with E-state index in [4.69, 9.17) is 0 Å². The molecule has 116 valence electrons. The molecule has 2 aliphatic carbocycles. The molecular weight excluding hydrogens is 252 g/mol. The van der Waals surface area contributed by atoms with Gasteiger partial charge in [-0.15, -0.1) is 0 Å². The third-order valence-electron chi connectivity index (χ3n) is 5.90. The van der Waals surface area contributed by atoms with E-state index >= 15 is 0 Å². The Bertz CT molecular complexity index is 433. The van der Waals surface area contributed by atoms with Gasteiger partial charge < -0.3 is 0 Å². The lowest BCUT2D eigenvalue weighted by molar-refractivity contribution is 0.353. The first-order chi connectivity index (χ1) is 10.3. The number of aryl methyl sites for hydroxylation is 1. The second-order valence-electron chi connectivity index (χ2n) is 7.68. The summed E-state index contributed by atoms with van der Waals surface area (Å²) in [6.07, 6.45) is 17.3. The van der Waals surface area contributed by atoms with Gasteiger partial charge in [-0.25, -0.2) is 0 Å². The van der Waals surface area contributed by atoms with Crippen molar-refractivity contribution in [2.75, 3.05) is 0 Å². The van der Waals surface area contributed by atoms with Crippen LogP contribution >= 0.6 is 0 Å². The van der Waals surface area contributed by atoms with Gasteiger partial charge >= 0.3 is 0 Å². The molecule has 2 saturated carbocycles. The first-order valence-corrected chi connectivity index (χ1v) is 9.39. The highest BCUT2D eigenvalue weighted by Gasteiger charge is 2.17. The lowest BCUT2D eigenvalue weighted by Gasteiger charge is -2.24. The first-order valence-electron chi connectivity index (χ1n) is 9.39. The molecule has 0 heteroatoms. The van der Waals surface area contributed by atoms with Gasteiger partial charge in [0, 0.05) is 0 Å². The summed E-state index contributed by atoms with van der Waals surface area (Å²) in [5.41, 5.74) is 4.78. The van der Waals surface area contributed by atoms with Crippen LogP contribution in [0.5, 0.6) is 0 Å². The van der Waals surface area contributed by atoms with Crippen molar-refractivity contribution in [1.29, 1.82) is 0 Å². The Balaban J connectivity index is 1.63. The second kappa shape index (κ2) is 7.47. The zero-order valence-corrected chi connectivity index (χ0v) is 13.9. The Hall–Kier alpha value is -0.780. The molecule has 0 amide bonds. The fourth-order valence-corrected chi connectivity index (χ4v) is 4.50. The van der Waals surface area contributed by atoms with Crippen molar-refractivity contribution in [3.63, 3.8) is 0 Å². The molecule has 1 aromatic carbocycles. The molecule has 0 nitrogen and oxygen atoms in total. The maximum atomic E-state index is 2.55. The van der Waals surface area contributed by atoms with Crippen LogP contribution in [0.15, 0.2) is 18.2 Å². The van der Waals surface area contributed by atoms with Gasteiger partial charge in [0.2, 0.25) is 0 Å². The molecule has 2 aliphatic rings. The van der Waals surface area contributed by atoms with Crippen molar-refractivity contribution in [2.24, 2.45) is 11.8 Å². The summed E-state index contributed by atoms with van der Waals surface area (Å²) in [4.78, 5) is 0. The van der Waals surface area contributed by atoms with Gasteiger partial charge in [0.25, 0.3) is 0 Å². The van der Waals surface area contributed by atoms with Crippen molar-refractivity contribution in [3.05, 3.63) is 34.9 Å². The third-order valence-corrected chi connectivity index (χ3v) is 5.90. The summed E-state index contributed by atoms with van der Waals surface area (Å²) in [6, 6.07) is 7.34. The van der Waals surface area contributed by atoms with Crippen molar-refractivity contribution >= 4 is 0 Å². The Morgan fingerprint density at radius 1 is 0.762 bits per heavy atom. The van der Waals surface area contributed by atoms with Gasteiger partial charge in [-0.05, 0) is 48.3 Å². The van der Waals surface area contributed by atoms with Gasteiger partial charge in [-0.2, -0.15) is 0 Å². The fourth-order valence-electron chi connectivity index (χ4n) is 4.50. The van der Waals surface area contributed by atoms with E-state index < -0.39 is 0 Å². The smallest absolute Gasteiger partial charge is 0.0248 e. The van der Waals surface area contributed by atoms with E-state index in [9.17, 15) is 0 Å². The molecule has 0 radical (unpaired) electrons. The molecule has 0 N–H and O–H groups in total. The van der Waals surface area contributed by atoms with E-state index in [1.54, 1.807) is 11.1 Å². The summed E-state index contributed by atoms with van der Waals surface area (Å²) >= 11 is 0. The molecule has 0 atom stereocenters. The lowest BCUT2D eigenvalue weighted by atomic mass is 9.82. The normalized spacial score (nSPS) is 21.6. The zero-order chi connectivity index (χ0) is 14.5. The maximum Gasteiger partial charge on any atom is -0.0248 e. The van der Waals surface area contributed by atoms with Crippen molar-refractivity contribution in [2.45, 2.75) is 84.0 Å². The summed E-state index contributed by atoms with van der Waals surface area (Å²) in [7, 11) is 0. The van der Waals surface area contributed by atoms with E-state index in [0.29, 0.717) is 0 Å². The molecule has 0 aromatic heterocycles. The Labute approximate surface area is 131 Å². The third kappa shape index (κ3) is 4.34. The van der Waals surface area contributed by atoms with Gasteiger partial charge in [0.05, 0.1) is 0 Å². The molecule has 0 spiro atoms. The predicted molar refractivity (Wildman–Crippen MR) is 91.7 cm³/mol. The molecule has 1 aromatic rings. The molecule has 2 fully saturated rings. The number of benzene rings is 1. The van der Waals surface area contributed by atoms with Crippen LogP contribution in [-0.4, -0.2) is 0 Å². The van der Waals surface area contributed by atoms with Gasteiger partial charge in [0.1, 0.15) is 0 Å². The molecule has 21 heavy (non-hydrogen) atoms. The van der Waals surface area contributed by atoms with Crippen LogP contribution in [0.25, 0.3) is 0 Å². The van der Waals surface area contributed by atoms with Crippen LogP contribution in [0.2, 0.25) is 0 Å². The average molecular weight is 284 g/mol. The lowest BCUT2D eigenvalue weighted by Crippen LogP contribution is -2.12.